The number of aliphatic hydroxyl groups is 2. The molecule has 8 nitrogen and oxygen atoms in total. The second-order valence-electron chi connectivity index (χ2n) is 12.3. The van der Waals surface area contributed by atoms with Gasteiger partial charge in [0.25, 0.3) is 0 Å². The summed E-state index contributed by atoms with van der Waals surface area (Å²) in [5.74, 6) is -0.707. The van der Waals surface area contributed by atoms with Crippen molar-refractivity contribution in [3.05, 3.63) is 36.5 Å². The summed E-state index contributed by atoms with van der Waals surface area (Å²) in [6.45, 7) is 3.79. The summed E-state index contributed by atoms with van der Waals surface area (Å²) in [7, 11) is -4.76. The molecule has 0 aliphatic rings. The van der Waals surface area contributed by atoms with Gasteiger partial charge in [-0.05, 0) is 32.1 Å². The van der Waals surface area contributed by atoms with Crippen LogP contribution in [-0.2, 0) is 19.4 Å². The van der Waals surface area contributed by atoms with E-state index in [1.165, 1.54) is 102 Å². The molecule has 3 atom stereocenters. The molecule has 0 heterocycles. The number of carbonyl (C=O) groups is 1. The predicted octanol–water partition coefficient (Wildman–Crippen LogP) is 8.69. The SMILES string of the molecule is CCCCCCC/C=C/C=C/CC/C=C/[C@@H](O)[C@H](COS(=O)(=O)O)NC(=O)[C@H](O)CCCCCCCCCCCCCCCC. The van der Waals surface area contributed by atoms with Gasteiger partial charge in [0.05, 0.1) is 18.8 Å². The van der Waals surface area contributed by atoms with Crippen LogP contribution in [0.15, 0.2) is 36.5 Å². The standard InChI is InChI=1S/C36H67NO7S/c1-3-5-7-9-11-13-15-17-19-21-23-25-27-29-31-35(39)36(40)37-33(32-44-45(41,42)43)34(38)30-28-26-24-22-20-18-16-14-12-10-8-6-4-2/h16,18,20,22,28,30,33-35,38-39H,3-15,17,19,21,23-27,29,31-32H2,1-2H3,(H,37,40)(H,41,42,43)/b18-16+,22-20+,30-28+/t33-,34+,35+/m0/s1. The Morgan fingerprint density at radius 1 is 0.667 bits per heavy atom. The molecule has 0 unspecified atom stereocenters. The smallest absolute Gasteiger partial charge is 0.387 e. The highest BCUT2D eigenvalue weighted by Gasteiger charge is 2.25. The molecule has 0 bridgehead atoms. The average Bonchev–Trinajstić information content (AvgIpc) is 3.00. The Morgan fingerprint density at radius 2 is 1.11 bits per heavy atom. The van der Waals surface area contributed by atoms with Crippen molar-refractivity contribution in [2.24, 2.45) is 0 Å². The fourth-order valence-electron chi connectivity index (χ4n) is 5.10. The van der Waals surface area contributed by atoms with Crippen LogP contribution in [0.1, 0.15) is 162 Å². The summed E-state index contributed by atoms with van der Waals surface area (Å²) in [5.41, 5.74) is 0. The first-order valence-electron chi connectivity index (χ1n) is 18.0. The predicted molar refractivity (Wildman–Crippen MR) is 186 cm³/mol. The van der Waals surface area contributed by atoms with Gasteiger partial charge in [0, 0.05) is 0 Å². The van der Waals surface area contributed by atoms with Gasteiger partial charge in [0.15, 0.2) is 0 Å². The van der Waals surface area contributed by atoms with E-state index in [4.69, 9.17) is 4.55 Å². The maximum absolute atomic E-state index is 12.6. The molecule has 0 saturated heterocycles. The molecule has 0 fully saturated rings. The van der Waals surface area contributed by atoms with Crippen LogP contribution < -0.4 is 5.32 Å². The van der Waals surface area contributed by atoms with Crippen LogP contribution in [0, 0.1) is 0 Å². The highest BCUT2D eigenvalue weighted by molar-refractivity contribution is 7.80. The average molecular weight is 658 g/mol. The summed E-state index contributed by atoms with van der Waals surface area (Å²) in [6.07, 6.45) is 35.0. The van der Waals surface area contributed by atoms with Crippen molar-refractivity contribution in [3.63, 3.8) is 0 Å². The molecule has 0 aliphatic heterocycles. The number of hydrogen-bond acceptors (Lipinski definition) is 6. The maximum Gasteiger partial charge on any atom is 0.397 e. The quantitative estimate of drug-likeness (QED) is 0.0246. The zero-order valence-corrected chi connectivity index (χ0v) is 29.4. The normalized spacial score (nSPS) is 14.5. The maximum atomic E-state index is 12.6. The zero-order chi connectivity index (χ0) is 33.4. The second kappa shape index (κ2) is 31.1. The Labute approximate surface area is 276 Å². The highest BCUT2D eigenvalue weighted by Crippen LogP contribution is 2.14. The van der Waals surface area contributed by atoms with Gasteiger partial charge in [0.2, 0.25) is 5.91 Å². The van der Waals surface area contributed by atoms with Gasteiger partial charge in [0.1, 0.15) is 6.10 Å². The Balaban J connectivity index is 4.29. The molecule has 0 aromatic carbocycles. The Morgan fingerprint density at radius 3 is 1.62 bits per heavy atom. The molecular formula is C36H67NO7S. The van der Waals surface area contributed by atoms with Crippen LogP contribution in [0.4, 0.5) is 0 Å². The number of hydrogen-bond donors (Lipinski definition) is 4. The highest BCUT2D eigenvalue weighted by atomic mass is 32.3. The lowest BCUT2D eigenvalue weighted by molar-refractivity contribution is -0.131. The van der Waals surface area contributed by atoms with E-state index in [1.54, 1.807) is 6.08 Å². The first kappa shape index (κ1) is 43.5. The molecular weight excluding hydrogens is 590 g/mol. The molecule has 0 aliphatic carbocycles. The van der Waals surface area contributed by atoms with Gasteiger partial charge in [-0.1, -0.05) is 166 Å². The van der Waals surface area contributed by atoms with E-state index in [0.29, 0.717) is 12.8 Å². The molecule has 0 saturated carbocycles. The minimum Gasteiger partial charge on any atom is -0.387 e. The number of rotatable bonds is 32. The van der Waals surface area contributed by atoms with Gasteiger partial charge in [-0.25, -0.2) is 4.18 Å². The van der Waals surface area contributed by atoms with Gasteiger partial charge < -0.3 is 15.5 Å². The molecule has 0 rings (SSSR count). The van der Waals surface area contributed by atoms with E-state index >= 15 is 0 Å². The van der Waals surface area contributed by atoms with Crippen molar-refractivity contribution in [3.8, 4) is 0 Å². The topological polar surface area (TPSA) is 133 Å². The summed E-state index contributed by atoms with van der Waals surface area (Å²) < 4.78 is 35.5. The molecule has 45 heavy (non-hydrogen) atoms. The first-order chi connectivity index (χ1) is 21.7. The van der Waals surface area contributed by atoms with Gasteiger partial charge in [-0.3, -0.25) is 9.35 Å². The molecule has 1 amide bonds. The van der Waals surface area contributed by atoms with Gasteiger partial charge >= 0.3 is 10.4 Å². The van der Waals surface area contributed by atoms with Crippen LogP contribution in [-0.4, -0.2) is 53.9 Å². The lowest BCUT2D eigenvalue weighted by atomic mass is 10.0. The fraction of sp³-hybridized carbons (Fsp3) is 0.806. The van der Waals surface area contributed by atoms with Gasteiger partial charge in [-0.2, -0.15) is 8.42 Å². The summed E-state index contributed by atoms with van der Waals surface area (Å²) >= 11 is 0. The minimum atomic E-state index is -4.76. The fourth-order valence-corrected chi connectivity index (χ4v) is 5.42. The van der Waals surface area contributed by atoms with Crippen molar-refractivity contribution in [2.75, 3.05) is 6.61 Å². The van der Waals surface area contributed by atoms with Crippen LogP contribution in [0.5, 0.6) is 0 Å². The van der Waals surface area contributed by atoms with E-state index in [1.807, 2.05) is 18.2 Å². The van der Waals surface area contributed by atoms with Crippen LogP contribution in [0.2, 0.25) is 0 Å². The van der Waals surface area contributed by atoms with Gasteiger partial charge in [-0.15, -0.1) is 0 Å². The largest absolute Gasteiger partial charge is 0.397 e. The molecule has 0 radical (unpaired) electrons. The van der Waals surface area contributed by atoms with Crippen molar-refractivity contribution >= 4 is 16.3 Å². The first-order valence-corrected chi connectivity index (χ1v) is 19.3. The summed E-state index contributed by atoms with van der Waals surface area (Å²) in [4.78, 5) is 12.6. The van der Waals surface area contributed by atoms with Crippen molar-refractivity contribution in [1.29, 1.82) is 0 Å². The number of amides is 1. The lowest BCUT2D eigenvalue weighted by Gasteiger charge is -2.23. The van der Waals surface area contributed by atoms with E-state index in [-0.39, 0.29) is 6.42 Å². The number of unbranched alkanes of at least 4 members (excludes halogenated alkanes) is 19. The third kappa shape index (κ3) is 30.9. The monoisotopic (exact) mass is 657 g/mol. The molecule has 0 spiro atoms. The Kier molecular flexibility index (Phi) is 30.0. The Hall–Kier alpha value is -1.52. The minimum absolute atomic E-state index is 0.279. The van der Waals surface area contributed by atoms with Crippen molar-refractivity contribution in [2.45, 2.75) is 180 Å². The molecule has 9 heteroatoms. The molecule has 0 aromatic heterocycles. The lowest BCUT2D eigenvalue weighted by Crippen LogP contribution is -2.49. The number of allylic oxidation sites excluding steroid dienone is 5. The zero-order valence-electron chi connectivity index (χ0n) is 28.5. The third-order valence-corrected chi connectivity index (χ3v) is 8.40. The molecule has 0 aromatic rings. The summed E-state index contributed by atoms with van der Waals surface area (Å²) in [6, 6.07) is -1.16. The van der Waals surface area contributed by atoms with Crippen LogP contribution >= 0.6 is 0 Å². The molecule has 264 valence electrons. The van der Waals surface area contributed by atoms with E-state index in [2.05, 4.69) is 29.4 Å². The van der Waals surface area contributed by atoms with Crippen LogP contribution in [0.25, 0.3) is 0 Å². The second-order valence-corrected chi connectivity index (χ2v) is 13.4. The summed E-state index contributed by atoms with van der Waals surface area (Å²) in [5, 5.41) is 23.4. The number of aliphatic hydroxyl groups excluding tert-OH is 2. The number of carbonyl (C=O) groups excluding carboxylic acids is 1. The third-order valence-electron chi connectivity index (χ3n) is 7.96. The van der Waals surface area contributed by atoms with E-state index in [0.717, 1.165) is 32.1 Å². The van der Waals surface area contributed by atoms with Crippen LogP contribution in [0.3, 0.4) is 0 Å². The molecule has 4 N–H and O–H groups in total. The van der Waals surface area contributed by atoms with Crippen molar-refractivity contribution in [1.82, 2.24) is 5.32 Å². The van der Waals surface area contributed by atoms with E-state index in [9.17, 15) is 23.4 Å². The van der Waals surface area contributed by atoms with E-state index < -0.39 is 41.2 Å². The number of nitrogens with one attached hydrogen (secondary N) is 1. The van der Waals surface area contributed by atoms with Crippen molar-refractivity contribution < 1.29 is 32.2 Å². The Bertz CT molecular complexity index is 873.